The van der Waals surface area contributed by atoms with Crippen molar-refractivity contribution in [3.8, 4) is 0 Å². The molecule has 1 saturated heterocycles. The zero-order valence-corrected chi connectivity index (χ0v) is 10.9. The molecule has 2 rings (SSSR count). The second-order valence-electron chi connectivity index (χ2n) is 4.34. The molecule has 16 heavy (non-hydrogen) atoms. The minimum atomic E-state index is 0.623. The molecule has 1 aliphatic rings. The maximum Gasteiger partial charge on any atom is 0.0424 e. The van der Waals surface area contributed by atoms with Crippen molar-refractivity contribution >= 4 is 23.2 Å². The van der Waals surface area contributed by atoms with Crippen LogP contribution in [0.5, 0.6) is 0 Å². The molecule has 1 unspecified atom stereocenters. The Balaban J connectivity index is 2.02. The maximum absolute atomic E-state index is 5.98. The molecule has 1 N–H and O–H groups in total. The van der Waals surface area contributed by atoms with Gasteiger partial charge in [0.25, 0.3) is 0 Å². The SMILES string of the molecule is CN(Cc1cc(Cl)cc(Cl)c1)C1CCNC1. The van der Waals surface area contributed by atoms with E-state index in [2.05, 4.69) is 17.3 Å². The average molecular weight is 259 g/mol. The first-order valence-corrected chi connectivity index (χ1v) is 6.26. The van der Waals surface area contributed by atoms with Crippen LogP contribution >= 0.6 is 23.2 Å². The fourth-order valence-electron chi connectivity index (χ4n) is 2.13. The van der Waals surface area contributed by atoms with E-state index >= 15 is 0 Å². The Bertz CT molecular complexity index is 342. The van der Waals surface area contributed by atoms with E-state index in [0.29, 0.717) is 16.1 Å². The number of nitrogens with one attached hydrogen (secondary N) is 1. The number of benzene rings is 1. The molecule has 0 bridgehead atoms. The molecule has 0 spiro atoms. The van der Waals surface area contributed by atoms with E-state index in [1.54, 1.807) is 6.07 Å². The highest BCUT2D eigenvalue weighted by atomic mass is 35.5. The Morgan fingerprint density at radius 2 is 2.00 bits per heavy atom. The predicted molar refractivity (Wildman–Crippen MR) is 69.2 cm³/mol. The smallest absolute Gasteiger partial charge is 0.0424 e. The fraction of sp³-hybridized carbons (Fsp3) is 0.500. The zero-order valence-electron chi connectivity index (χ0n) is 9.34. The van der Waals surface area contributed by atoms with Gasteiger partial charge in [-0.15, -0.1) is 0 Å². The number of rotatable bonds is 3. The third-order valence-electron chi connectivity index (χ3n) is 3.01. The van der Waals surface area contributed by atoms with Crippen molar-refractivity contribution in [1.82, 2.24) is 10.2 Å². The Kier molecular flexibility index (Phi) is 4.09. The molecular formula is C12H16Cl2N2. The molecule has 1 atom stereocenters. The van der Waals surface area contributed by atoms with Crippen molar-refractivity contribution in [2.75, 3.05) is 20.1 Å². The Hall–Kier alpha value is -0.280. The number of likely N-dealkylation sites (N-methyl/N-ethyl adjacent to an activating group) is 1. The van der Waals surface area contributed by atoms with Gasteiger partial charge in [0.1, 0.15) is 0 Å². The highest BCUT2D eigenvalue weighted by molar-refractivity contribution is 6.34. The number of nitrogens with zero attached hydrogens (tertiary/aromatic N) is 1. The van der Waals surface area contributed by atoms with E-state index in [0.717, 1.165) is 19.6 Å². The molecule has 0 saturated carbocycles. The van der Waals surface area contributed by atoms with Crippen molar-refractivity contribution in [1.29, 1.82) is 0 Å². The summed E-state index contributed by atoms with van der Waals surface area (Å²) in [5, 5.41) is 4.79. The van der Waals surface area contributed by atoms with E-state index in [1.165, 1.54) is 12.0 Å². The standard InChI is InChI=1S/C12H16Cl2N2/c1-16(12-2-3-15-7-12)8-9-4-10(13)6-11(14)5-9/h4-6,12,15H,2-3,7-8H2,1H3. The van der Waals surface area contributed by atoms with Crippen LogP contribution in [0.2, 0.25) is 10.0 Å². The van der Waals surface area contributed by atoms with Gasteiger partial charge in [0, 0.05) is 29.2 Å². The third-order valence-corrected chi connectivity index (χ3v) is 3.45. The van der Waals surface area contributed by atoms with Crippen LogP contribution in [0.1, 0.15) is 12.0 Å². The molecule has 0 radical (unpaired) electrons. The van der Waals surface area contributed by atoms with Gasteiger partial charge in [-0.3, -0.25) is 4.90 Å². The quantitative estimate of drug-likeness (QED) is 0.897. The number of hydrogen-bond acceptors (Lipinski definition) is 2. The lowest BCUT2D eigenvalue weighted by atomic mass is 10.1. The first-order valence-electron chi connectivity index (χ1n) is 5.51. The fourth-order valence-corrected chi connectivity index (χ4v) is 2.71. The maximum atomic E-state index is 5.98. The first kappa shape index (κ1) is 12.2. The highest BCUT2D eigenvalue weighted by Gasteiger charge is 2.19. The summed E-state index contributed by atoms with van der Waals surface area (Å²) in [7, 11) is 2.15. The molecule has 4 heteroatoms. The zero-order chi connectivity index (χ0) is 11.5. The van der Waals surface area contributed by atoms with Crippen LogP contribution in [-0.4, -0.2) is 31.1 Å². The minimum absolute atomic E-state index is 0.623. The van der Waals surface area contributed by atoms with Crippen LogP contribution in [0, 0.1) is 0 Å². The van der Waals surface area contributed by atoms with E-state index in [1.807, 2.05) is 12.1 Å². The van der Waals surface area contributed by atoms with Gasteiger partial charge in [-0.1, -0.05) is 23.2 Å². The second-order valence-corrected chi connectivity index (χ2v) is 5.21. The van der Waals surface area contributed by atoms with Crippen LogP contribution in [0.15, 0.2) is 18.2 Å². The topological polar surface area (TPSA) is 15.3 Å². The Labute approximate surface area is 107 Å². The molecule has 1 heterocycles. The van der Waals surface area contributed by atoms with Crippen molar-refractivity contribution in [3.63, 3.8) is 0 Å². The summed E-state index contributed by atoms with van der Waals surface area (Å²) < 4.78 is 0. The molecule has 1 aromatic carbocycles. The average Bonchev–Trinajstić information content (AvgIpc) is 2.68. The minimum Gasteiger partial charge on any atom is -0.315 e. The summed E-state index contributed by atoms with van der Waals surface area (Å²) in [4.78, 5) is 2.35. The third kappa shape index (κ3) is 3.11. The highest BCUT2D eigenvalue weighted by Crippen LogP contribution is 2.21. The number of hydrogen-bond donors (Lipinski definition) is 1. The molecular weight excluding hydrogens is 243 g/mol. The monoisotopic (exact) mass is 258 g/mol. The summed E-state index contributed by atoms with van der Waals surface area (Å²) in [5.74, 6) is 0. The lowest BCUT2D eigenvalue weighted by molar-refractivity contribution is 0.249. The summed E-state index contributed by atoms with van der Waals surface area (Å²) in [6.07, 6.45) is 1.21. The van der Waals surface area contributed by atoms with E-state index in [-0.39, 0.29) is 0 Å². The Morgan fingerprint density at radius 3 is 2.56 bits per heavy atom. The molecule has 0 aromatic heterocycles. The van der Waals surface area contributed by atoms with E-state index in [9.17, 15) is 0 Å². The molecule has 1 fully saturated rings. The van der Waals surface area contributed by atoms with Gasteiger partial charge >= 0.3 is 0 Å². The molecule has 0 amide bonds. The molecule has 1 aromatic rings. The van der Waals surface area contributed by atoms with Crippen LogP contribution < -0.4 is 5.32 Å². The van der Waals surface area contributed by atoms with Crippen molar-refractivity contribution in [2.24, 2.45) is 0 Å². The summed E-state index contributed by atoms with van der Waals surface area (Å²) >= 11 is 12.0. The molecule has 2 nitrogen and oxygen atoms in total. The van der Waals surface area contributed by atoms with Crippen molar-refractivity contribution in [2.45, 2.75) is 19.0 Å². The van der Waals surface area contributed by atoms with E-state index in [4.69, 9.17) is 23.2 Å². The lowest BCUT2D eigenvalue weighted by Gasteiger charge is -2.23. The van der Waals surface area contributed by atoms with Gasteiger partial charge < -0.3 is 5.32 Å². The molecule has 1 aliphatic heterocycles. The van der Waals surface area contributed by atoms with Crippen LogP contribution in [0.3, 0.4) is 0 Å². The summed E-state index contributed by atoms with van der Waals surface area (Å²) in [6.45, 7) is 3.09. The van der Waals surface area contributed by atoms with Gasteiger partial charge in [-0.2, -0.15) is 0 Å². The van der Waals surface area contributed by atoms with Gasteiger partial charge in [-0.25, -0.2) is 0 Å². The van der Waals surface area contributed by atoms with Gasteiger partial charge in [-0.05, 0) is 43.8 Å². The molecule has 88 valence electrons. The summed E-state index contributed by atoms with van der Waals surface area (Å²) in [5.41, 5.74) is 1.17. The lowest BCUT2D eigenvalue weighted by Crippen LogP contribution is -2.32. The normalized spacial score (nSPS) is 20.6. The largest absolute Gasteiger partial charge is 0.315 e. The first-order chi connectivity index (χ1) is 7.65. The van der Waals surface area contributed by atoms with E-state index < -0.39 is 0 Å². The van der Waals surface area contributed by atoms with Crippen LogP contribution in [-0.2, 0) is 6.54 Å². The van der Waals surface area contributed by atoms with Gasteiger partial charge in [0.2, 0.25) is 0 Å². The summed E-state index contributed by atoms with van der Waals surface area (Å²) in [6, 6.07) is 6.35. The van der Waals surface area contributed by atoms with Crippen LogP contribution in [0.25, 0.3) is 0 Å². The van der Waals surface area contributed by atoms with Gasteiger partial charge in [0.15, 0.2) is 0 Å². The molecule has 0 aliphatic carbocycles. The van der Waals surface area contributed by atoms with Gasteiger partial charge in [0.05, 0.1) is 0 Å². The van der Waals surface area contributed by atoms with Crippen molar-refractivity contribution < 1.29 is 0 Å². The van der Waals surface area contributed by atoms with Crippen molar-refractivity contribution in [3.05, 3.63) is 33.8 Å². The predicted octanol–water partition coefficient (Wildman–Crippen LogP) is 2.79. The Morgan fingerprint density at radius 1 is 1.31 bits per heavy atom. The second kappa shape index (κ2) is 5.37. The van der Waals surface area contributed by atoms with Crippen LogP contribution in [0.4, 0.5) is 0 Å². The number of halogens is 2.